The summed E-state index contributed by atoms with van der Waals surface area (Å²) < 4.78 is 5.20. The number of nitrogens with zero attached hydrogens (tertiary/aromatic N) is 2. The molecule has 1 atom stereocenters. The van der Waals surface area contributed by atoms with Crippen LogP contribution < -0.4 is 10.1 Å². The molecule has 0 aliphatic heterocycles. The SMILES string of the molecule is CNc1nc(Cl)nc2c1CCC2c1ccc(OC)cc1. The van der Waals surface area contributed by atoms with Gasteiger partial charge in [0.25, 0.3) is 0 Å². The van der Waals surface area contributed by atoms with Gasteiger partial charge in [-0.15, -0.1) is 0 Å². The van der Waals surface area contributed by atoms with Crippen molar-refractivity contribution in [2.75, 3.05) is 19.5 Å². The Hall–Kier alpha value is -1.81. The second-order valence-corrected chi connectivity index (χ2v) is 5.16. The quantitative estimate of drug-likeness (QED) is 0.881. The molecule has 4 nitrogen and oxygen atoms in total. The Bertz CT molecular complexity index is 628. The number of halogens is 1. The molecular weight excluding hydrogens is 274 g/mol. The molecule has 0 amide bonds. The van der Waals surface area contributed by atoms with E-state index in [0.29, 0.717) is 5.28 Å². The second-order valence-electron chi connectivity index (χ2n) is 4.82. The van der Waals surface area contributed by atoms with Crippen molar-refractivity contribution in [3.63, 3.8) is 0 Å². The summed E-state index contributed by atoms with van der Waals surface area (Å²) in [4.78, 5) is 8.69. The van der Waals surface area contributed by atoms with Crippen LogP contribution in [-0.4, -0.2) is 24.1 Å². The number of aromatic nitrogens is 2. The Morgan fingerprint density at radius 3 is 2.65 bits per heavy atom. The molecule has 1 heterocycles. The molecule has 3 rings (SSSR count). The molecule has 0 spiro atoms. The maximum absolute atomic E-state index is 6.03. The van der Waals surface area contributed by atoms with Crippen LogP contribution in [0.3, 0.4) is 0 Å². The fourth-order valence-electron chi connectivity index (χ4n) is 2.80. The Morgan fingerprint density at radius 2 is 2.00 bits per heavy atom. The van der Waals surface area contributed by atoms with Gasteiger partial charge in [0.1, 0.15) is 11.6 Å². The van der Waals surface area contributed by atoms with E-state index in [1.807, 2.05) is 19.2 Å². The molecule has 0 fully saturated rings. The lowest BCUT2D eigenvalue weighted by molar-refractivity contribution is 0.414. The minimum absolute atomic E-state index is 0.281. The molecule has 20 heavy (non-hydrogen) atoms. The Balaban J connectivity index is 2.01. The lowest BCUT2D eigenvalue weighted by Gasteiger charge is -2.13. The van der Waals surface area contributed by atoms with Gasteiger partial charge in [0.15, 0.2) is 0 Å². The number of methoxy groups -OCH3 is 1. The van der Waals surface area contributed by atoms with Crippen LogP contribution in [0.15, 0.2) is 24.3 Å². The summed E-state index contributed by atoms with van der Waals surface area (Å²) in [6.07, 6.45) is 2.00. The van der Waals surface area contributed by atoms with Gasteiger partial charge < -0.3 is 10.1 Å². The van der Waals surface area contributed by atoms with E-state index in [0.717, 1.165) is 30.1 Å². The standard InChI is InChI=1S/C15H16ClN3O/c1-17-14-12-8-7-11(13(12)18-15(16)19-14)9-3-5-10(20-2)6-4-9/h3-6,11H,7-8H2,1-2H3,(H,17,18,19). The van der Waals surface area contributed by atoms with Crippen molar-refractivity contribution in [1.29, 1.82) is 0 Å². The number of benzene rings is 1. The first-order valence-corrected chi connectivity index (χ1v) is 6.98. The molecule has 2 aromatic rings. The third-order valence-electron chi connectivity index (χ3n) is 3.78. The highest BCUT2D eigenvalue weighted by Crippen LogP contribution is 2.40. The van der Waals surface area contributed by atoms with E-state index in [2.05, 4.69) is 27.4 Å². The predicted molar refractivity (Wildman–Crippen MR) is 79.7 cm³/mol. The van der Waals surface area contributed by atoms with E-state index in [4.69, 9.17) is 16.3 Å². The van der Waals surface area contributed by atoms with Crippen molar-refractivity contribution in [2.45, 2.75) is 18.8 Å². The highest BCUT2D eigenvalue weighted by atomic mass is 35.5. The van der Waals surface area contributed by atoms with Crippen LogP contribution in [-0.2, 0) is 6.42 Å². The normalized spacial score (nSPS) is 16.9. The Labute approximate surface area is 123 Å². The third kappa shape index (κ3) is 2.20. The number of fused-ring (bicyclic) bond motifs is 1. The highest BCUT2D eigenvalue weighted by molar-refractivity contribution is 6.28. The van der Waals surface area contributed by atoms with Crippen LogP contribution in [0, 0.1) is 0 Å². The topological polar surface area (TPSA) is 47.0 Å². The summed E-state index contributed by atoms with van der Waals surface area (Å²) >= 11 is 6.03. The minimum Gasteiger partial charge on any atom is -0.497 e. The Kier molecular flexibility index (Phi) is 3.49. The first-order chi connectivity index (χ1) is 9.72. The first kappa shape index (κ1) is 13.2. The van der Waals surface area contributed by atoms with Crippen molar-refractivity contribution in [3.05, 3.63) is 46.4 Å². The summed E-state index contributed by atoms with van der Waals surface area (Å²) in [6, 6.07) is 8.14. The number of rotatable bonds is 3. The number of nitrogens with one attached hydrogen (secondary N) is 1. The zero-order valence-electron chi connectivity index (χ0n) is 11.5. The summed E-state index contributed by atoms with van der Waals surface area (Å²) in [5.41, 5.74) is 3.46. The van der Waals surface area contributed by atoms with Gasteiger partial charge in [-0.2, -0.15) is 0 Å². The molecular formula is C15H16ClN3O. The van der Waals surface area contributed by atoms with Crippen molar-refractivity contribution in [3.8, 4) is 5.75 Å². The van der Waals surface area contributed by atoms with Crippen molar-refractivity contribution in [2.24, 2.45) is 0 Å². The molecule has 0 saturated heterocycles. The molecule has 1 aromatic heterocycles. The van der Waals surface area contributed by atoms with Gasteiger partial charge in [-0.05, 0) is 42.1 Å². The zero-order chi connectivity index (χ0) is 14.1. The summed E-state index contributed by atoms with van der Waals surface area (Å²) in [7, 11) is 3.53. The monoisotopic (exact) mass is 289 g/mol. The van der Waals surface area contributed by atoms with Crippen LogP contribution >= 0.6 is 11.6 Å². The number of ether oxygens (including phenoxy) is 1. The van der Waals surface area contributed by atoms with Crippen molar-refractivity contribution < 1.29 is 4.74 Å². The van der Waals surface area contributed by atoms with E-state index >= 15 is 0 Å². The van der Waals surface area contributed by atoms with E-state index in [-0.39, 0.29) is 5.92 Å². The van der Waals surface area contributed by atoms with Gasteiger partial charge >= 0.3 is 0 Å². The number of anilines is 1. The van der Waals surface area contributed by atoms with Crippen molar-refractivity contribution >= 4 is 17.4 Å². The van der Waals surface area contributed by atoms with Gasteiger partial charge in [-0.3, -0.25) is 0 Å². The number of hydrogen-bond acceptors (Lipinski definition) is 4. The average Bonchev–Trinajstić information content (AvgIpc) is 2.90. The molecule has 1 unspecified atom stereocenters. The highest BCUT2D eigenvalue weighted by Gasteiger charge is 2.29. The van der Waals surface area contributed by atoms with Crippen LogP contribution in [0.4, 0.5) is 5.82 Å². The van der Waals surface area contributed by atoms with Crippen LogP contribution in [0.1, 0.15) is 29.2 Å². The number of hydrogen-bond donors (Lipinski definition) is 1. The molecule has 0 radical (unpaired) electrons. The largest absolute Gasteiger partial charge is 0.497 e. The van der Waals surface area contributed by atoms with Gasteiger partial charge in [0.05, 0.1) is 12.8 Å². The summed E-state index contributed by atoms with van der Waals surface area (Å²) in [6.45, 7) is 0. The minimum atomic E-state index is 0.281. The van der Waals surface area contributed by atoms with Crippen LogP contribution in [0.2, 0.25) is 5.28 Å². The van der Waals surface area contributed by atoms with Crippen LogP contribution in [0.25, 0.3) is 0 Å². The third-order valence-corrected chi connectivity index (χ3v) is 3.95. The molecule has 1 aromatic carbocycles. The second kappa shape index (κ2) is 5.29. The molecule has 1 aliphatic carbocycles. The fourth-order valence-corrected chi connectivity index (χ4v) is 2.98. The van der Waals surface area contributed by atoms with Crippen molar-refractivity contribution in [1.82, 2.24) is 9.97 Å². The van der Waals surface area contributed by atoms with Gasteiger partial charge in [-0.1, -0.05) is 12.1 Å². The van der Waals surface area contributed by atoms with Gasteiger partial charge in [-0.25, -0.2) is 9.97 Å². The smallest absolute Gasteiger partial charge is 0.224 e. The average molecular weight is 290 g/mol. The maximum Gasteiger partial charge on any atom is 0.224 e. The van der Waals surface area contributed by atoms with Crippen LogP contribution in [0.5, 0.6) is 5.75 Å². The molecule has 1 N–H and O–H groups in total. The molecule has 5 heteroatoms. The first-order valence-electron chi connectivity index (χ1n) is 6.61. The molecule has 0 saturated carbocycles. The van der Waals surface area contributed by atoms with Gasteiger partial charge in [0, 0.05) is 18.5 Å². The summed E-state index contributed by atoms with van der Waals surface area (Å²) in [5.74, 6) is 1.99. The fraction of sp³-hybridized carbons (Fsp3) is 0.333. The van der Waals surface area contributed by atoms with E-state index in [9.17, 15) is 0 Å². The molecule has 0 bridgehead atoms. The lowest BCUT2D eigenvalue weighted by atomic mass is 9.96. The van der Waals surface area contributed by atoms with E-state index in [1.165, 1.54) is 11.1 Å². The van der Waals surface area contributed by atoms with E-state index in [1.54, 1.807) is 7.11 Å². The molecule has 1 aliphatic rings. The molecule has 104 valence electrons. The predicted octanol–water partition coefficient (Wildman–Crippen LogP) is 3.26. The Morgan fingerprint density at radius 1 is 1.25 bits per heavy atom. The lowest BCUT2D eigenvalue weighted by Crippen LogP contribution is -2.04. The maximum atomic E-state index is 6.03. The van der Waals surface area contributed by atoms with E-state index < -0.39 is 0 Å². The summed E-state index contributed by atoms with van der Waals surface area (Å²) in [5, 5.41) is 3.40. The van der Waals surface area contributed by atoms with Gasteiger partial charge in [0.2, 0.25) is 5.28 Å². The zero-order valence-corrected chi connectivity index (χ0v) is 12.2.